The molecule has 39 heavy (non-hydrogen) atoms. The summed E-state index contributed by atoms with van der Waals surface area (Å²) in [6.07, 6.45) is 9.12. The molecule has 1 spiro atoms. The van der Waals surface area contributed by atoms with E-state index in [1.165, 1.54) is 6.42 Å². The summed E-state index contributed by atoms with van der Waals surface area (Å²) in [6.45, 7) is 4.42. The van der Waals surface area contributed by atoms with Crippen LogP contribution in [-0.2, 0) is 25.5 Å². The number of aryl methyl sites for hydroxylation is 2. The van der Waals surface area contributed by atoms with E-state index in [2.05, 4.69) is 10.6 Å². The molecular weight excluding hydrogens is 490 g/mol. The second-order valence-electron chi connectivity index (χ2n) is 11.6. The molecule has 2 N–H and O–H groups in total. The van der Waals surface area contributed by atoms with Crippen LogP contribution >= 0.6 is 0 Å². The topological polar surface area (TPSA) is 87.7 Å². The number of amides is 3. The molecule has 4 aliphatic rings. The maximum Gasteiger partial charge on any atom is 0.246 e. The van der Waals surface area contributed by atoms with Gasteiger partial charge in [-0.2, -0.15) is 0 Å². The van der Waals surface area contributed by atoms with E-state index >= 15 is 0 Å². The van der Waals surface area contributed by atoms with E-state index in [1.54, 1.807) is 4.90 Å². The molecule has 3 heterocycles. The zero-order valence-electron chi connectivity index (χ0n) is 22.7. The molecule has 0 unspecified atom stereocenters. The lowest BCUT2D eigenvalue weighted by molar-refractivity contribution is -0.141. The van der Waals surface area contributed by atoms with Crippen LogP contribution in [0.1, 0.15) is 48.8 Å². The van der Waals surface area contributed by atoms with Gasteiger partial charge in [0.25, 0.3) is 0 Å². The number of rotatable bonds is 7. The Morgan fingerprint density at radius 2 is 1.77 bits per heavy atom. The van der Waals surface area contributed by atoms with Crippen LogP contribution in [0.25, 0.3) is 0 Å². The first-order valence-electron chi connectivity index (χ1n) is 14.3. The number of nitrogens with zero attached hydrogens (tertiary/aromatic N) is 1. The van der Waals surface area contributed by atoms with E-state index in [4.69, 9.17) is 4.74 Å². The van der Waals surface area contributed by atoms with Crippen LogP contribution in [0, 0.1) is 25.7 Å². The van der Waals surface area contributed by atoms with Gasteiger partial charge in [-0.3, -0.25) is 14.4 Å². The molecule has 1 saturated carbocycles. The third-order valence-corrected chi connectivity index (χ3v) is 9.14. The summed E-state index contributed by atoms with van der Waals surface area (Å²) in [7, 11) is 0. The lowest BCUT2D eigenvalue weighted by atomic mass is 9.74. The lowest BCUT2D eigenvalue weighted by Crippen LogP contribution is -2.56. The fraction of sp³-hybridized carbons (Fsp3) is 0.469. The number of fused-ring (bicyclic) bond motifs is 1. The summed E-state index contributed by atoms with van der Waals surface area (Å²) in [5.41, 5.74) is 2.88. The zero-order chi connectivity index (χ0) is 27.1. The minimum absolute atomic E-state index is 0.110. The minimum atomic E-state index is -1.14. The van der Waals surface area contributed by atoms with Gasteiger partial charge < -0.3 is 20.3 Å². The molecule has 3 aliphatic heterocycles. The number of anilines is 1. The quantitative estimate of drug-likeness (QED) is 0.531. The summed E-state index contributed by atoms with van der Waals surface area (Å²) >= 11 is 0. The molecule has 0 radical (unpaired) electrons. The second-order valence-corrected chi connectivity index (χ2v) is 11.6. The average molecular weight is 528 g/mol. The molecule has 6 rings (SSSR count). The van der Waals surface area contributed by atoms with Gasteiger partial charge in [0.1, 0.15) is 11.6 Å². The lowest BCUT2D eigenvalue weighted by Gasteiger charge is -2.34. The predicted molar refractivity (Wildman–Crippen MR) is 149 cm³/mol. The Kier molecular flexibility index (Phi) is 6.79. The van der Waals surface area contributed by atoms with Crippen molar-refractivity contribution < 1.29 is 19.1 Å². The smallest absolute Gasteiger partial charge is 0.246 e. The second kappa shape index (κ2) is 10.3. The number of likely N-dealkylation sites (tertiary alicyclic amines) is 1. The summed E-state index contributed by atoms with van der Waals surface area (Å²) in [4.78, 5) is 43.4. The molecule has 5 atom stereocenters. The molecule has 0 aromatic heterocycles. The van der Waals surface area contributed by atoms with Crippen LogP contribution in [-0.4, -0.2) is 53.0 Å². The van der Waals surface area contributed by atoms with E-state index < -0.39 is 29.6 Å². The molecule has 2 aromatic rings. The molecule has 2 saturated heterocycles. The van der Waals surface area contributed by atoms with Gasteiger partial charge in [0.15, 0.2) is 0 Å². The van der Waals surface area contributed by atoms with Crippen molar-refractivity contribution >= 4 is 23.4 Å². The molecule has 3 fully saturated rings. The fourth-order valence-electron chi connectivity index (χ4n) is 6.97. The van der Waals surface area contributed by atoms with Gasteiger partial charge in [0, 0.05) is 18.3 Å². The average Bonchev–Trinajstić information content (AvgIpc) is 3.58. The number of ether oxygens (including phenoxy) is 1. The monoisotopic (exact) mass is 527 g/mol. The van der Waals surface area contributed by atoms with Crippen molar-refractivity contribution in [3.05, 3.63) is 77.4 Å². The zero-order valence-corrected chi connectivity index (χ0v) is 22.7. The highest BCUT2D eigenvalue weighted by Crippen LogP contribution is 2.55. The molecule has 3 amide bonds. The minimum Gasteiger partial charge on any atom is -0.359 e. The first-order valence-corrected chi connectivity index (χ1v) is 14.3. The first-order chi connectivity index (χ1) is 18.9. The summed E-state index contributed by atoms with van der Waals surface area (Å²) < 4.78 is 6.48. The Hall–Kier alpha value is -3.45. The number of carbonyl (C=O) groups excluding carboxylic acids is 3. The third kappa shape index (κ3) is 4.56. The van der Waals surface area contributed by atoms with E-state index in [0.29, 0.717) is 18.7 Å². The van der Waals surface area contributed by atoms with E-state index in [-0.39, 0.29) is 23.8 Å². The molecule has 7 nitrogen and oxygen atoms in total. The van der Waals surface area contributed by atoms with Crippen LogP contribution in [0.4, 0.5) is 5.69 Å². The van der Waals surface area contributed by atoms with Crippen molar-refractivity contribution in [2.24, 2.45) is 11.8 Å². The fourth-order valence-corrected chi connectivity index (χ4v) is 6.97. The number of hydrogen-bond acceptors (Lipinski definition) is 4. The normalized spacial score (nSPS) is 29.5. The van der Waals surface area contributed by atoms with Gasteiger partial charge >= 0.3 is 0 Å². The van der Waals surface area contributed by atoms with Crippen molar-refractivity contribution in [2.75, 3.05) is 11.9 Å². The van der Waals surface area contributed by atoms with Crippen molar-refractivity contribution in [3.8, 4) is 0 Å². The third-order valence-electron chi connectivity index (χ3n) is 9.14. The number of nitrogens with one attached hydrogen (secondary N) is 2. The number of hydrogen-bond donors (Lipinski definition) is 2. The Balaban J connectivity index is 1.29. The van der Waals surface area contributed by atoms with Gasteiger partial charge in [0.2, 0.25) is 17.7 Å². The highest BCUT2D eigenvalue weighted by atomic mass is 16.5. The molecule has 204 valence electrons. The van der Waals surface area contributed by atoms with Gasteiger partial charge in [-0.05, 0) is 61.9 Å². The molecule has 2 bridgehead atoms. The molecular formula is C32H37N3O4. The van der Waals surface area contributed by atoms with Gasteiger partial charge in [-0.1, -0.05) is 67.8 Å². The van der Waals surface area contributed by atoms with Crippen LogP contribution in [0.2, 0.25) is 0 Å². The van der Waals surface area contributed by atoms with E-state index in [1.807, 2.05) is 74.5 Å². The van der Waals surface area contributed by atoms with Crippen LogP contribution in [0.15, 0.2) is 60.7 Å². The van der Waals surface area contributed by atoms with Gasteiger partial charge in [-0.15, -0.1) is 0 Å². The van der Waals surface area contributed by atoms with Crippen molar-refractivity contribution in [1.82, 2.24) is 10.2 Å². The summed E-state index contributed by atoms with van der Waals surface area (Å²) in [5.74, 6) is -2.04. The molecule has 2 aromatic carbocycles. The van der Waals surface area contributed by atoms with Crippen LogP contribution in [0.3, 0.4) is 0 Å². The van der Waals surface area contributed by atoms with Crippen LogP contribution in [0.5, 0.6) is 0 Å². The molecule has 1 aliphatic carbocycles. The van der Waals surface area contributed by atoms with Gasteiger partial charge in [-0.25, -0.2) is 0 Å². The Bertz CT molecular complexity index is 1300. The standard InChI is InChI=1S/C32H37N3O4/c1-20-13-14-24(19-21(20)2)34-29(36)26-25-15-17-32(39-25)27(26)31(38)35(18-16-22-9-5-3-6-10-22)28(32)30(37)33-23-11-7-4-8-12-23/h3,5-6,9-10,13-15,17,19,23,25-28H,4,7-8,11-12,16,18H2,1-2H3,(H,33,37)(H,34,36)/t25-,26+,27-,28-,32-/m0/s1. The molecule has 7 heteroatoms. The van der Waals surface area contributed by atoms with E-state index in [9.17, 15) is 14.4 Å². The Labute approximate surface area is 230 Å². The number of benzene rings is 2. The Morgan fingerprint density at radius 1 is 1.00 bits per heavy atom. The maximum absolute atomic E-state index is 14.1. The summed E-state index contributed by atoms with van der Waals surface area (Å²) in [5, 5.41) is 6.27. The predicted octanol–water partition coefficient (Wildman–Crippen LogP) is 4.08. The van der Waals surface area contributed by atoms with Crippen molar-refractivity contribution in [3.63, 3.8) is 0 Å². The number of carbonyl (C=O) groups is 3. The largest absolute Gasteiger partial charge is 0.359 e. The van der Waals surface area contributed by atoms with E-state index in [0.717, 1.165) is 42.4 Å². The van der Waals surface area contributed by atoms with Crippen molar-refractivity contribution in [2.45, 2.75) is 76.2 Å². The maximum atomic E-state index is 14.1. The van der Waals surface area contributed by atoms with Crippen LogP contribution < -0.4 is 10.6 Å². The first kappa shape index (κ1) is 25.8. The van der Waals surface area contributed by atoms with Gasteiger partial charge in [0.05, 0.1) is 17.9 Å². The highest BCUT2D eigenvalue weighted by molar-refractivity contribution is 6.02. The SMILES string of the molecule is Cc1ccc(NC(=O)[C@@H]2[C@@H]3C=C[C@]4(O3)[C@@H]2C(=O)N(CCc2ccccc2)[C@H]4C(=O)NC2CCCCC2)cc1C. The Morgan fingerprint density at radius 3 is 2.51 bits per heavy atom. The highest BCUT2D eigenvalue weighted by Gasteiger charge is 2.72. The summed E-state index contributed by atoms with van der Waals surface area (Å²) in [6, 6.07) is 15.1. The van der Waals surface area contributed by atoms with Crippen molar-refractivity contribution in [1.29, 1.82) is 0 Å².